The lowest BCUT2D eigenvalue weighted by Gasteiger charge is -2.19. The predicted octanol–water partition coefficient (Wildman–Crippen LogP) is 0.479. The van der Waals surface area contributed by atoms with Crippen molar-refractivity contribution in [1.29, 1.82) is 0 Å². The number of rotatable bonds is 7. The summed E-state index contributed by atoms with van der Waals surface area (Å²) in [6.07, 6.45) is 0.152. The van der Waals surface area contributed by atoms with Crippen LogP contribution >= 0.6 is 0 Å². The molecule has 0 rings (SSSR count). The molecule has 0 aliphatic carbocycles. The van der Waals surface area contributed by atoms with E-state index in [4.69, 9.17) is 4.74 Å². The summed E-state index contributed by atoms with van der Waals surface area (Å²) in [6.45, 7) is 8.60. The Bertz CT molecular complexity index is 158. The van der Waals surface area contributed by atoms with Gasteiger partial charge in [0.1, 0.15) is 0 Å². The van der Waals surface area contributed by atoms with E-state index in [1.165, 1.54) is 0 Å². The first-order chi connectivity index (χ1) is 6.65. The van der Waals surface area contributed by atoms with Crippen molar-refractivity contribution in [2.75, 3.05) is 33.3 Å². The number of likely N-dealkylation sites (N-methyl/N-ethyl adjacent to an activating group) is 1. The number of amides is 1. The van der Waals surface area contributed by atoms with Gasteiger partial charge in [0.25, 0.3) is 0 Å². The monoisotopic (exact) mass is 202 g/mol. The first-order valence-corrected chi connectivity index (χ1v) is 5.16. The van der Waals surface area contributed by atoms with Gasteiger partial charge >= 0.3 is 0 Å². The van der Waals surface area contributed by atoms with E-state index in [0.717, 1.165) is 13.1 Å². The molecule has 0 aliphatic heterocycles. The zero-order valence-corrected chi connectivity index (χ0v) is 9.67. The fraction of sp³-hybridized carbons (Fsp3) is 0.900. The molecule has 0 bridgehead atoms. The Balaban J connectivity index is 3.62. The van der Waals surface area contributed by atoms with E-state index in [1.807, 2.05) is 25.7 Å². The molecule has 84 valence electrons. The molecule has 0 heterocycles. The number of carbonyl (C=O) groups excluding carboxylic acids is 1. The van der Waals surface area contributed by atoms with Crippen molar-refractivity contribution in [1.82, 2.24) is 10.2 Å². The second-order valence-corrected chi connectivity index (χ2v) is 3.24. The van der Waals surface area contributed by atoms with Gasteiger partial charge in [-0.3, -0.25) is 4.79 Å². The Kier molecular flexibility index (Phi) is 7.42. The summed E-state index contributed by atoms with van der Waals surface area (Å²) in [5, 5.41) is 3.07. The maximum Gasteiger partial charge on any atom is 0.236 e. The van der Waals surface area contributed by atoms with Gasteiger partial charge < -0.3 is 15.0 Å². The van der Waals surface area contributed by atoms with Gasteiger partial charge in [0.15, 0.2) is 0 Å². The molecule has 1 unspecified atom stereocenters. The molecule has 0 saturated heterocycles. The van der Waals surface area contributed by atoms with Gasteiger partial charge in [0.05, 0.1) is 12.6 Å². The summed E-state index contributed by atoms with van der Waals surface area (Å²) < 4.78 is 5.06. The van der Waals surface area contributed by atoms with Crippen LogP contribution in [0.1, 0.15) is 20.8 Å². The highest BCUT2D eigenvalue weighted by atomic mass is 16.5. The SMILES string of the molecule is CCN(CC)C(=O)CNCC(C)OC. The normalized spacial score (nSPS) is 12.6. The molecule has 1 amide bonds. The largest absolute Gasteiger partial charge is 0.380 e. The zero-order chi connectivity index (χ0) is 11.0. The lowest BCUT2D eigenvalue weighted by atomic mass is 10.4. The van der Waals surface area contributed by atoms with Crippen molar-refractivity contribution in [2.45, 2.75) is 26.9 Å². The van der Waals surface area contributed by atoms with Crippen molar-refractivity contribution in [3.63, 3.8) is 0 Å². The topological polar surface area (TPSA) is 41.6 Å². The molecule has 0 aromatic heterocycles. The molecular formula is C10H22N2O2. The first kappa shape index (κ1) is 13.4. The number of carbonyl (C=O) groups is 1. The van der Waals surface area contributed by atoms with Crippen molar-refractivity contribution in [3.8, 4) is 0 Å². The second-order valence-electron chi connectivity index (χ2n) is 3.24. The highest BCUT2D eigenvalue weighted by Gasteiger charge is 2.08. The smallest absolute Gasteiger partial charge is 0.236 e. The van der Waals surface area contributed by atoms with Crippen molar-refractivity contribution in [2.24, 2.45) is 0 Å². The maximum atomic E-state index is 11.5. The molecular weight excluding hydrogens is 180 g/mol. The molecule has 0 saturated carbocycles. The summed E-state index contributed by atoms with van der Waals surface area (Å²) in [5.41, 5.74) is 0. The molecule has 0 aromatic rings. The number of nitrogens with one attached hydrogen (secondary N) is 1. The molecule has 0 aromatic carbocycles. The summed E-state index contributed by atoms with van der Waals surface area (Å²) in [4.78, 5) is 13.3. The minimum Gasteiger partial charge on any atom is -0.380 e. The van der Waals surface area contributed by atoms with Gasteiger partial charge in [-0.15, -0.1) is 0 Å². The number of nitrogens with zero attached hydrogens (tertiary/aromatic N) is 1. The zero-order valence-electron chi connectivity index (χ0n) is 9.67. The fourth-order valence-corrected chi connectivity index (χ4v) is 1.15. The fourth-order valence-electron chi connectivity index (χ4n) is 1.15. The molecule has 4 nitrogen and oxygen atoms in total. The molecule has 1 N–H and O–H groups in total. The van der Waals surface area contributed by atoms with Crippen molar-refractivity contribution >= 4 is 5.91 Å². The van der Waals surface area contributed by atoms with E-state index in [9.17, 15) is 4.79 Å². The highest BCUT2D eigenvalue weighted by molar-refractivity contribution is 5.78. The molecule has 0 fully saturated rings. The van der Waals surface area contributed by atoms with Gasteiger partial charge in [0, 0.05) is 26.7 Å². The molecule has 0 spiro atoms. The van der Waals surface area contributed by atoms with Crippen molar-refractivity contribution in [3.05, 3.63) is 0 Å². The molecule has 14 heavy (non-hydrogen) atoms. The number of ether oxygens (including phenoxy) is 1. The van der Waals surface area contributed by atoms with E-state index in [1.54, 1.807) is 7.11 Å². The van der Waals surface area contributed by atoms with Gasteiger partial charge in [-0.05, 0) is 20.8 Å². The van der Waals surface area contributed by atoms with Gasteiger partial charge in [-0.2, -0.15) is 0 Å². The third-order valence-electron chi connectivity index (χ3n) is 2.23. The summed E-state index contributed by atoms with van der Waals surface area (Å²) in [7, 11) is 1.67. The summed E-state index contributed by atoms with van der Waals surface area (Å²) in [5.74, 6) is 0.151. The molecule has 0 aliphatic rings. The number of methoxy groups -OCH3 is 1. The first-order valence-electron chi connectivity index (χ1n) is 5.16. The van der Waals surface area contributed by atoms with Crippen LogP contribution in [-0.4, -0.2) is 50.2 Å². The average Bonchev–Trinajstić information content (AvgIpc) is 2.19. The van der Waals surface area contributed by atoms with Crippen LogP contribution in [0.2, 0.25) is 0 Å². The van der Waals surface area contributed by atoms with Crippen LogP contribution < -0.4 is 5.32 Å². The standard InChI is InChI=1S/C10H22N2O2/c1-5-12(6-2)10(13)8-11-7-9(3)14-4/h9,11H,5-8H2,1-4H3. The van der Waals surface area contributed by atoms with Crippen LogP contribution in [0.15, 0.2) is 0 Å². The number of hydrogen-bond acceptors (Lipinski definition) is 3. The van der Waals surface area contributed by atoms with E-state index in [2.05, 4.69) is 5.32 Å². The summed E-state index contributed by atoms with van der Waals surface area (Å²) >= 11 is 0. The van der Waals surface area contributed by atoms with Crippen LogP contribution in [0, 0.1) is 0 Å². The van der Waals surface area contributed by atoms with E-state index >= 15 is 0 Å². The quantitative estimate of drug-likeness (QED) is 0.653. The van der Waals surface area contributed by atoms with E-state index in [0.29, 0.717) is 13.1 Å². The average molecular weight is 202 g/mol. The second kappa shape index (κ2) is 7.76. The summed E-state index contributed by atoms with van der Waals surface area (Å²) in [6, 6.07) is 0. The predicted molar refractivity (Wildman–Crippen MR) is 57.3 cm³/mol. The van der Waals surface area contributed by atoms with Crippen LogP contribution in [0.4, 0.5) is 0 Å². The Morgan fingerprint density at radius 3 is 2.43 bits per heavy atom. The Morgan fingerprint density at radius 1 is 1.43 bits per heavy atom. The van der Waals surface area contributed by atoms with Crippen molar-refractivity contribution < 1.29 is 9.53 Å². The van der Waals surface area contributed by atoms with Gasteiger partial charge in [-0.25, -0.2) is 0 Å². The van der Waals surface area contributed by atoms with Crippen LogP contribution in [0.25, 0.3) is 0 Å². The van der Waals surface area contributed by atoms with Gasteiger partial charge in [-0.1, -0.05) is 0 Å². The third kappa shape index (κ3) is 5.19. The van der Waals surface area contributed by atoms with E-state index in [-0.39, 0.29) is 12.0 Å². The Morgan fingerprint density at radius 2 is 2.00 bits per heavy atom. The van der Waals surface area contributed by atoms with Crippen LogP contribution in [0.5, 0.6) is 0 Å². The maximum absolute atomic E-state index is 11.5. The molecule has 4 heteroatoms. The minimum atomic E-state index is 0.151. The lowest BCUT2D eigenvalue weighted by Crippen LogP contribution is -2.39. The van der Waals surface area contributed by atoms with E-state index < -0.39 is 0 Å². The molecule has 1 atom stereocenters. The lowest BCUT2D eigenvalue weighted by molar-refractivity contribution is -0.129. The number of hydrogen-bond donors (Lipinski definition) is 1. The highest BCUT2D eigenvalue weighted by Crippen LogP contribution is 1.88. The van der Waals surface area contributed by atoms with Crippen LogP contribution in [-0.2, 0) is 9.53 Å². The Labute approximate surface area is 86.6 Å². The minimum absolute atomic E-state index is 0.151. The third-order valence-corrected chi connectivity index (χ3v) is 2.23. The van der Waals surface area contributed by atoms with Crippen LogP contribution in [0.3, 0.4) is 0 Å². The van der Waals surface area contributed by atoms with Gasteiger partial charge in [0.2, 0.25) is 5.91 Å². The molecule has 0 radical (unpaired) electrons. The Hall–Kier alpha value is -0.610.